The maximum atomic E-state index is 8.73. The SMILES string of the molecule is COc1ccc(-n2nnnc2C#N)cc1. The van der Waals surface area contributed by atoms with Crippen molar-refractivity contribution in [2.24, 2.45) is 0 Å². The van der Waals surface area contributed by atoms with Gasteiger partial charge in [0.05, 0.1) is 12.8 Å². The normalized spacial score (nSPS) is 9.60. The van der Waals surface area contributed by atoms with Crippen LogP contribution in [0.1, 0.15) is 5.82 Å². The highest BCUT2D eigenvalue weighted by molar-refractivity contribution is 5.38. The highest BCUT2D eigenvalue weighted by atomic mass is 16.5. The highest BCUT2D eigenvalue weighted by Gasteiger charge is 2.06. The molecule has 0 aliphatic rings. The molecule has 0 spiro atoms. The molecule has 0 aliphatic heterocycles. The smallest absolute Gasteiger partial charge is 0.257 e. The monoisotopic (exact) mass is 201 g/mol. The van der Waals surface area contributed by atoms with Gasteiger partial charge in [-0.05, 0) is 34.7 Å². The minimum Gasteiger partial charge on any atom is -0.497 e. The van der Waals surface area contributed by atoms with Crippen molar-refractivity contribution in [3.8, 4) is 17.5 Å². The largest absolute Gasteiger partial charge is 0.497 e. The minimum absolute atomic E-state index is 0.153. The summed E-state index contributed by atoms with van der Waals surface area (Å²) in [6.07, 6.45) is 0. The first-order chi connectivity index (χ1) is 7.35. The van der Waals surface area contributed by atoms with Crippen LogP contribution in [0, 0.1) is 11.3 Å². The number of benzene rings is 1. The van der Waals surface area contributed by atoms with E-state index >= 15 is 0 Å². The molecule has 0 bridgehead atoms. The molecule has 74 valence electrons. The summed E-state index contributed by atoms with van der Waals surface area (Å²) in [5, 5.41) is 19.4. The zero-order chi connectivity index (χ0) is 10.7. The molecule has 0 unspecified atom stereocenters. The topological polar surface area (TPSA) is 76.6 Å². The quantitative estimate of drug-likeness (QED) is 0.708. The lowest BCUT2D eigenvalue weighted by Crippen LogP contribution is -1.99. The molecule has 0 saturated carbocycles. The van der Waals surface area contributed by atoms with Crippen molar-refractivity contribution in [2.75, 3.05) is 7.11 Å². The van der Waals surface area contributed by atoms with E-state index in [0.717, 1.165) is 11.4 Å². The molecule has 2 aromatic rings. The summed E-state index contributed by atoms with van der Waals surface area (Å²) < 4.78 is 6.38. The van der Waals surface area contributed by atoms with Gasteiger partial charge in [0, 0.05) is 0 Å². The lowest BCUT2D eigenvalue weighted by molar-refractivity contribution is 0.414. The Morgan fingerprint density at radius 2 is 2.07 bits per heavy atom. The average Bonchev–Trinajstić information content (AvgIpc) is 2.77. The van der Waals surface area contributed by atoms with E-state index in [2.05, 4.69) is 15.5 Å². The number of nitrogens with zero attached hydrogens (tertiary/aromatic N) is 5. The van der Waals surface area contributed by atoms with Crippen molar-refractivity contribution < 1.29 is 4.74 Å². The first-order valence-corrected chi connectivity index (χ1v) is 4.18. The van der Waals surface area contributed by atoms with Gasteiger partial charge in [-0.15, -0.1) is 0 Å². The predicted molar refractivity (Wildman–Crippen MR) is 50.4 cm³/mol. The van der Waals surface area contributed by atoms with Crippen LogP contribution in [0.2, 0.25) is 0 Å². The fraction of sp³-hybridized carbons (Fsp3) is 0.111. The van der Waals surface area contributed by atoms with Crippen LogP contribution in [0.3, 0.4) is 0 Å². The van der Waals surface area contributed by atoms with E-state index in [1.807, 2.05) is 6.07 Å². The Kier molecular flexibility index (Phi) is 2.29. The second-order valence-corrected chi connectivity index (χ2v) is 2.72. The third-order valence-electron chi connectivity index (χ3n) is 1.89. The molecule has 0 aliphatic carbocycles. The lowest BCUT2D eigenvalue weighted by Gasteiger charge is -2.02. The molecule has 1 aromatic heterocycles. The van der Waals surface area contributed by atoms with E-state index in [9.17, 15) is 0 Å². The fourth-order valence-electron chi connectivity index (χ4n) is 1.15. The van der Waals surface area contributed by atoms with E-state index in [1.54, 1.807) is 31.4 Å². The van der Waals surface area contributed by atoms with E-state index in [1.165, 1.54) is 4.68 Å². The Hall–Kier alpha value is -2.42. The number of tetrazole rings is 1. The Bertz CT molecular complexity index is 496. The summed E-state index contributed by atoms with van der Waals surface area (Å²) in [7, 11) is 1.59. The minimum atomic E-state index is 0.153. The van der Waals surface area contributed by atoms with Crippen molar-refractivity contribution in [2.45, 2.75) is 0 Å². The maximum Gasteiger partial charge on any atom is 0.257 e. The molecule has 6 nitrogen and oxygen atoms in total. The average molecular weight is 201 g/mol. The molecule has 0 atom stereocenters. The van der Waals surface area contributed by atoms with Crippen molar-refractivity contribution in [1.29, 1.82) is 5.26 Å². The van der Waals surface area contributed by atoms with Crippen LogP contribution in [0.25, 0.3) is 5.69 Å². The van der Waals surface area contributed by atoms with Gasteiger partial charge in [-0.3, -0.25) is 0 Å². The number of aromatic nitrogens is 4. The Morgan fingerprint density at radius 1 is 1.33 bits per heavy atom. The highest BCUT2D eigenvalue weighted by Crippen LogP contribution is 2.14. The zero-order valence-electron chi connectivity index (χ0n) is 7.95. The zero-order valence-corrected chi connectivity index (χ0v) is 7.95. The molecule has 1 aromatic carbocycles. The van der Waals surface area contributed by atoms with E-state index in [0.29, 0.717) is 0 Å². The fourth-order valence-corrected chi connectivity index (χ4v) is 1.15. The molecule has 0 radical (unpaired) electrons. The summed E-state index contributed by atoms with van der Waals surface area (Å²) in [6, 6.07) is 9.00. The van der Waals surface area contributed by atoms with Crippen LogP contribution in [0.4, 0.5) is 0 Å². The maximum absolute atomic E-state index is 8.73. The number of ether oxygens (including phenoxy) is 1. The first-order valence-electron chi connectivity index (χ1n) is 4.18. The molecule has 0 fully saturated rings. The van der Waals surface area contributed by atoms with Gasteiger partial charge in [0.25, 0.3) is 5.82 Å². The molecule has 0 saturated heterocycles. The summed E-state index contributed by atoms with van der Waals surface area (Å²) in [5.41, 5.74) is 0.720. The number of rotatable bonds is 2. The van der Waals surface area contributed by atoms with Crippen molar-refractivity contribution >= 4 is 0 Å². The molecule has 1 heterocycles. The third-order valence-corrected chi connectivity index (χ3v) is 1.89. The van der Waals surface area contributed by atoms with Crippen LogP contribution in [0.5, 0.6) is 5.75 Å². The van der Waals surface area contributed by atoms with Gasteiger partial charge >= 0.3 is 0 Å². The van der Waals surface area contributed by atoms with E-state index in [4.69, 9.17) is 10.00 Å². The Morgan fingerprint density at radius 3 is 2.67 bits per heavy atom. The number of nitriles is 1. The summed E-state index contributed by atoms with van der Waals surface area (Å²) in [6.45, 7) is 0. The third kappa shape index (κ3) is 1.62. The van der Waals surface area contributed by atoms with Gasteiger partial charge in [0.15, 0.2) is 0 Å². The van der Waals surface area contributed by atoms with Gasteiger partial charge in [-0.25, -0.2) is 0 Å². The van der Waals surface area contributed by atoms with E-state index < -0.39 is 0 Å². The molecule has 15 heavy (non-hydrogen) atoms. The van der Waals surface area contributed by atoms with Gasteiger partial charge in [0.2, 0.25) is 0 Å². The van der Waals surface area contributed by atoms with Crippen molar-refractivity contribution in [3.05, 3.63) is 30.1 Å². The number of hydrogen-bond acceptors (Lipinski definition) is 5. The van der Waals surface area contributed by atoms with Crippen LogP contribution < -0.4 is 4.74 Å². The lowest BCUT2D eigenvalue weighted by atomic mass is 10.3. The Labute approximate surface area is 85.7 Å². The Balaban J connectivity index is 2.42. The number of methoxy groups -OCH3 is 1. The van der Waals surface area contributed by atoms with E-state index in [-0.39, 0.29) is 5.82 Å². The second kappa shape index (κ2) is 3.75. The molecular formula is C9H7N5O. The first kappa shape index (κ1) is 9.15. The predicted octanol–water partition coefficient (Wildman–Crippen LogP) is 0.543. The molecule has 0 N–H and O–H groups in total. The van der Waals surface area contributed by atoms with Crippen LogP contribution >= 0.6 is 0 Å². The standard InChI is InChI=1S/C9H7N5O/c1-15-8-4-2-7(3-5-8)14-9(6-10)11-12-13-14/h2-5H,1H3. The number of hydrogen-bond donors (Lipinski definition) is 0. The van der Waals surface area contributed by atoms with Crippen LogP contribution in [0.15, 0.2) is 24.3 Å². The second-order valence-electron chi connectivity index (χ2n) is 2.72. The molecular weight excluding hydrogens is 194 g/mol. The summed E-state index contributed by atoms with van der Waals surface area (Å²) >= 11 is 0. The van der Waals surface area contributed by atoms with Crippen LogP contribution in [-0.2, 0) is 0 Å². The summed E-state index contributed by atoms with van der Waals surface area (Å²) in [5.74, 6) is 0.894. The van der Waals surface area contributed by atoms with Crippen LogP contribution in [-0.4, -0.2) is 27.3 Å². The van der Waals surface area contributed by atoms with Gasteiger partial charge in [0.1, 0.15) is 11.8 Å². The van der Waals surface area contributed by atoms with Gasteiger partial charge in [-0.1, -0.05) is 5.10 Å². The summed E-state index contributed by atoms with van der Waals surface area (Å²) in [4.78, 5) is 0. The van der Waals surface area contributed by atoms with Crippen molar-refractivity contribution in [1.82, 2.24) is 20.2 Å². The molecule has 0 amide bonds. The van der Waals surface area contributed by atoms with Gasteiger partial charge < -0.3 is 4.74 Å². The van der Waals surface area contributed by atoms with Crippen molar-refractivity contribution in [3.63, 3.8) is 0 Å². The molecule has 2 rings (SSSR count). The molecule has 6 heteroatoms. The van der Waals surface area contributed by atoms with Gasteiger partial charge in [-0.2, -0.15) is 9.94 Å².